The first-order valence-corrected chi connectivity index (χ1v) is 9.37. The summed E-state index contributed by atoms with van der Waals surface area (Å²) in [6.45, 7) is 2.14. The standard InChI is InChI=1S/C20H20BrF3N2O2/c1-13(2)11-26(12-20(22,23)24)19(28)15-6-4-8-17(10-15)25-18(27)14-5-3-7-16(21)9-14/h3-10,13H,11-12H2,1-2H3,(H,25,27). The highest BCUT2D eigenvalue weighted by Gasteiger charge is 2.33. The number of carbonyl (C=O) groups excluding carboxylic acids is 2. The number of amides is 2. The smallest absolute Gasteiger partial charge is 0.329 e. The fourth-order valence-electron chi connectivity index (χ4n) is 2.62. The van der Waals surface area contributed by atoms with E-state index in [1.165, 1.54) is 18.2 Å². The number of halogens is 4. The SMILES string of the molecule is CC(C)CN(CC(F)(F)F)C(=O)c1cccc(NC(=O)c2cccc(Br)c2)c1. The Hall–Kier alpha value is -2.35. The Bertz CT molecular complexity index is 853. The second-order valence-corrected chi connectivity index (χ2v) is 7.66. The molecule has 0 bridgehead atoms. The number of hydrogen-bond donors (Lipinski definition) is 1. The van der Waals surface area contributed by atoms with Crippen molar-refractivity contribution in [2.75, 3.05) is 18.4 Å². The summed E-state index contributed by atoms with van der Waals surface area (Å²) in [5, 5.41) is 2.66. The highest BCUT2D eigenvalue weighted by atomic mass is 79.9. The molecule has 0 radical (unpaired) electrons. The average molecular weight is 457 g/mol. The van der Waals surface area contributed by atoms with Crippen molar-refractivity contribution in [3.05, 3.63) is 64.1 Å². The fourth-order valence-corrected chi connectivity index (χ4v) is 3.02. The molecule has 150 valence electrons. The number of nitrogens with one attached hydrogen (secondary N) is 1. The summed E-state index contributed by atoms with van der Waals surface area (Å²) in [5.74, 6) is -1.24. The third-order valence-electron chi connectivity index (χ3n) is 3.70. The van der Waals surface area contributed by atoms with Gasteiger partial charge in [0.25, 0.3) is 11.8 Å². The maximum atomic E-state index is 12.8. The predicted octanol–water partition coefficient (Wildman–Crippen LogP) is 5.36. The Morgan fingerprint density at radius 1 is 1.07 bits per heavy atom. The maximum Gasteiger partial charge on any atom is 0.406 e. The first-order valence-electron chi connectivity index (χ1n) is 8.58. The van der Waals surface area contributed by atoms with Crippen LogP contribution in [0.4, 0.5) is 18.9 Å². The average Bonchev–Trinajstić information content (AvgIpc) is 2.59. The van der Waals surface area contributed by atoms with Crippen LogP contribution < -0.4 is 5.32 Å². The molecule has 0 aliphatic rings. The largest absolute Gasteiger partial charge is 0.406 e. The minimum atomic E-state index is -4.49. The molecule has 0 fully saturated rings. The number of nitrogens with zero attached hydrogens (tertiary/aromatic N) is 1. The molecule has 2 aromatic carbocycles. The van der Waals surface area contributed by atoms with Crippen molar-refractivity contribution in [2.24, 2.45) is 5.92 Å². The van der Waals surface area contributed by atoms with Gasteiger partial charge >= 0.3 is 6.18 Å². The normalized spacial score (nSPS) is 11.4. The van der Waals surface area contributed by atoms with Gasteiger partial charge in [-0.3, -0.25) is 9.59 Å². The zero-order valence-corrected chi connectivity index (χ0v) is 17.0. The van der Waals surface area contributed by atoms with Crippen molar-refractivity contribution < 1.29 is 22.8 Å². The molecule has 2 amide bonds. The molecular formula is C20H20BrF3N2O2. The van der Waals surface area contributed by atoms with Gasteiger partial charge in [-0.25, -0.2) is 0 Å². The van der Waals surface area contributed by atoms with E-state index in [0.717, 1.165) is 9.37 Å². The summed E-state index contributed by atoms with van der Waals surface area (Å²) in [6, 6.07) is 12.7. The van der Waals surface area contributed by atoms with E-state index in [1.807, 2.05) is 0 Å². The maximum absolute atomic E-state index is 12.8. The zero-order valence-electron chi connectivity index (χ0n) is 15.4. The Morgan fingerprint density at radius 2 is 1.71 bits per heavy atom. The predicted molar refractivity (Wildman–Crippen MR) is 105 cm³/mol. The summed E-state index contributed by atoms with van der Waals surface area (Å²) in [5.41, 5.74) is 0.814. The molecular weight excluding hydrogens is 437 g/mol. The highest BCUT2D eigenvalue weighted by molar-refractivity contribution is 9.10. The van der Waals surface area contributed by atoms with Crippen LogP contribution in [0, 0.1) is 5.92 Å². The molecule has 0 aromatic heterocycles. The summed E-state index contributed by atoms with van der Waals surface area (Å²) in [7, 11) is 0. The second kappa shape index (κ2) is 9.23. The number of anilines is 1. The van der Waals surface area contributed by atoms with Crippen molar-refractivity contribution in [1.82, 2.24) is 4.90 Å². The van der Waals surface area contributed by atoms with Crippen LogP contribution in [0.5, 0.6) is 0 Å². The Balaban J connectivity index is 2.20. The lowest BCUT2D eigenvalue weighted by molar-refractivity contribution is -0.141. The van der Waals surface area contributed by atoms with Gasteiger partial charge in [-0.2, -0.15) is 13.2 Å². The summed E-state index contributed by atoms with van der Waals surface area (Å²) in [4.78, 5) is 25.7. The molecule has 0 spiro atoms. The monoisotopic (exact) mass is 456 g/mol. The van der Waals surface area contributed by atoms with Crippen LogP contribution in [0.2, 0.25) is 0 Å². The number of benzene rings is 2. The van der Waals surface area contributed by atoms with Crippen LogP contribution >= 0.6 is 15.9 Å². The Labute approximate surface area is 169 Å². The Morgan fingerprint density at radius 3 is 2.32 bits per heavy atom. The van der Waals surface area contributed by atoms with Crippen LogP contribution in [-0.2, 0) is 0 Å². The van der Waals surface area contributed by atoms with Gasteiger partial charge in [0.2, 0.25) is 0 Å². The number of hydrogen-bond acceptors (Lipinski definition) is 2. The molecule has 28 heavy (non-hydrogen) atoms. The van der Waals surface area contributed by atoms with E-state index in [1.54, 1.807) is 44.2 Å². The molecule has 2 aromatic rings. The van der Waals surface area contributed by atoms with Crippen molar-refractivity contribution >= 4 is 33.4 Å². The van der Waals surface area contributed by atoms with Crippen LogP contribution in [0.1, 0.15) is 34.6 Å². The van der Waals surface area contributed by atoms with Gasteiger partial charge in [0.05, 0.1) is 0 Å². The summed E-state index contributed by atoms with van der Waals surface area (Å²) in [6.07, 6.45) is -4.49. The molecule has 0 unspecified atom stereocenters. The molecule has 1 N–H and O–H groups in total. The minimum Gasteiger partial charge on any atom is -0.329 e. The van der Waals surface area contributed by atoms with Crippen molar-refractivity contribution in [3.8, 4) is 0 Å². The van der Waals surface area contributed by atoms with Gasteiger partial charge in [-0.15, -0.1) is 0 Å². The molecule has 0 aliphatic heterocycles. The zero-order chi connectivity index (χ0) is 20.9. The molecule has 0 saturated heterocycles. The molecule has 0 saturated carbocycles. The molecule has 8 heteroatoms. The van der Waals surface area contributed by atoms with Crippen LogP contribution in [0.15, 0.2) is 53.0 Å². The lowest BCUT2D eigenvalue weighted by Crippen LogP contribution is -2.41. The van der Waals surface area contributed by atoms with E-state index < -0.39 is 18.6 Å². The summed E-state index contributed by atoms with van der Waals surface area (Å²) >= 11 is 3.28. The lowest BCUT2D eigenvalue weighted by Gasteiger charge is -2.26. The number of alkyl halides is 3. The van der Waals surface area contributed by atoms with Crippen molar-refractivity contribution in [3.63, 3.8) is 0 Å². The third-order valence-corrected chi connectivity index (χ3v) is 4.19. The van der Waals surface area contributed by atoms with Crippen LogP contribution in [-0.4, -0.2) is 36.0 Å². The lowest BCUT2D eigenvalue weighted by atomic mass is 10.1. The minimum absolute atomic E-state index is 0.0209. The van der Waals surface area contributed by atoms with E-state index in [9.17, 15) is 22.8 Å². The Kier molecular flexibility index (Phi) is 7.23. The van der Waals surface area contributed by atoms with Gasteiger partial charge in [0.1, 0.15) is 6.54 Å². The van der Waals surface area contributed by atoms with Crippen LogP contribution in [0.3, 0.4) is 0 Å². The number of rotatable bonds is 6. The molecule has 0 heterocycles. The topological polar surface area (TPSA) is 49.4 Å². The fraction of sp³-hybridized carbons (Fsp3) is 0.300. The first kappa shape index (κ1) is 21.9. The summed E-state index contributed by atoms with van der Waals surface area (Å²) < 4.78 is 39.3. The van der Waals surface area contributed by atoms with E-state index in [2.05, 4.69) is 21.2 Å². The van der Waals surface area contributed by atoms with Crippen molar-refractivity contribution in [2.45, 2.75) is 20.0 Å². The van der Waals surface area contributed by atoms with Crippen LogP contribution in [0.25, 0.3) is 0 Å². The van der Waals surface area contributed by atoms with Gasteiger partial charge in [0.15, 0.2) is 0 Å². The van der Waals surface area contributed by atoms with Gasteiger partial charge < -0.3 is 10.2 Å². The quantitative estimate of drug-likeness (QED) is 0.635. The van der Waals surface area contributed by atoms with Gasteiger partial charge in [-0.1, -0.05) is 41.9 Å². The van der Waals surface area contributed by atoms with E-state index in [0.29, 0.717) is 11.3 Å². The highest BCUT2D eigenvalue weighted by Crippen LogP contribution is 2.21. The van der Waals surface area contributed by atoms with E-state index in [4.69, 9.17) is 0 Å². The third kappa shape index (κ3) is 6.67. The molecule has 0 aliphatic carbocycles. The molecule has 4 nitrogen and oxygen atoms in total. The molecule has 2 rings (SSSR count). The van der Waals surface area contributed by atoms with E-state index >= 15 is 0 Å². The van der Waals surface area contributed by atoms with Crippen molar-refractivity contribution in [1.29, 1.82) is 0 Å². The first-order chi connectivity index (χ1) is 13.0. The van der Waals surface area contributed by atoms with Gasteiger partial charge in [-0.05, 0) is 42.3 Å². The number of carbonyl (C=O) groups is 2. The van der Waals surface area contributed by atoms with E-state index in [-0.39, 0.29) is 23.9 Å². The van der Waals surface area contributed by atoms with Gasteiger partial charge in [0, 0.05) is 27.8 Å². The second-order valence-electron chi connectivity index (χ2n) is 6.74. The molecule has 0 atom stereocenters.